The number of hydrogen-bond acceptors (Lipinski definition) is 3. The zero-order valence-electron chi connectivity index (χ0n) is 9.61. The molecule has 2 aliphatic heterocycles. The molecule has 4 nitrogen and oxygen atoms in total. The van der Waals surface area contributed by atoms with E-state index in [0.717, 1.165) is 39.1 Å². The number of hydrogen-bond donors (Lipinski definition) is 0. The van der Waals surface area contributed by atoms with Crippen molar-refractivity contribution in [2.75, 3.05) is 33.3 Å². The van der Waals surface area contributed by atoms with E-state index < -0.39 is 0 Å². The topological polar surface area (TPSA) is 32.8 Å². The average Bonchev–Trinajstić information content (AvgIpc) is 2.74. The summed E-state index contributed by atoms with van der Waals surface area (Å²) in [5.41, 5.74) is 0. The molecular formula is C11H20N2O2. The van der Waals surface area contributed by atoms with Crippen molar-refractivity contribution < 1.29 is 9.53 Å². The van der Waals surface area contributed by atoms with Gasteiger partial charge in [0.15, 0.2) is 0 Å². The molecule has 2 heterocycles. The SMILES string of the molecule is CC1CN(C(=O)C2CCCO2)CCN1C. The first-order chi connectivity index (χ1) is 7.18. The van der Waals surface area contributed by atoms with Crippen molar-refractivity contribution in [2.45, 2.75) is 31.9 Å². The monoisotopic (exact) mass is 212 g/mol. The molecule has 86 valence electrons. The van der Waals surface area contributed by atoms with Gasteiger partial charge in [-0.1, -0.05) is 0 Å². The predicted molar refractivity (Wildman–Crippen MR) is 57.6 cm³/mol. The smallest absolute Gasteiger partial charge is 0.251 e. The van der Waals surface area contributed by atoms with E-state index in [4.69, 9.17) is 4.74 Å². The lowest BCUT2D eigenvalue weighted by atomic mass is 10.1. The van der Waals surface area contributed by atoms with E-state index >= 15 is 0 Å². The molecule has 1 amide bonds. The Labute approximate surface area is 91.2 Å². The normalized spacial score (nSPS) is 33.3. The molecule has 2 atom stereocenters. The van der Waals surface area contributed by atoms with Crippen LogP contribution in [0.3, 0.4) is 0 Å². The lowest BCUT2D eigenvalue weighted by Crippen LogP contribution is -2.54. The lowest BCUT2D eigenvalue weighted by molar-refractivity contribution is -0.143. The van der Waals surface area contributed by atoms with Gasteiger partial charge >= 0.3 is 0 Å². The Morgan fingerprint density at radius 2 is 2.20 bits per heavy atom. The number of likely N-dealkylation sites (N-methyl/N-ethyl adjacent to an activating group) is 1. The van der Waals surface area contributed by atoms with Crippen LogP contribution >= 0.6 is 0 Å². The summed E-state index contributed by atoms with van der Waals surface area (Å²) in [4.78, 5) is 16.3. The van der Waals surface area contributed by atoms with E-state index in [0.29, 0.717) is 6.04 Å². The molecule has 0 N–H and O–H groups in total. The third-order valence-electron chi connectivity index (χ3n) is 3.48. The number of piperazine rings is 1. The maximum Gasteiger partial charge on any atom is 0.251 e. The van der Waals surface area contributed by atoms with Gasteiger partial charge in [-0.2, -0.15) is 0 Å². The summed E-state index contributed by atoms with van der Waals surface area (Å²) in [6.07, 6.45) is 1.78. The zero-order chi connectivity index (χ0) is 10.8. The highest BCUT2D eigenvalue weighted by atomic mass is 16.5. The molecule has 0 bridgehead atoms. The van der Waals surface area contributed by atoms with Crippen LogP contribution in [0.15, 0.2) is 0 Å². The second kappa shape index (κ2) is 4.49. The molecule has 2 rings (SSSR count). The maximum atomic E-state index is 12.0. The van der Waals surface area contributed by atoms with Gasteiger partial charge in [0.25, 0.3) is 5.91 Å². The van der Waals surface area contributed by atoms with Crippen molar-refractivity contribution in [1.82, 2.24) is 9.80 Å². The summed E-state index contributed by atoms with van der Waals surface area (Å²) in [5.74, 6) is 0.201. The standard InChI is InChI=1S/C11H20N2O2/c1-9-8-13(6-5-12(9)2)11(14)10-4-3-7-15-10/h9-10H,3-8H2,1-2H3. The number of ether oxygens (including phenoxy) is 1. The molecule has 2 unspecified atom stereocenters. The fourth-order valence-electron chi connectivity index (χ4n) is 2.22. The van der Waals surface area contributed by atoms with Gasteiger partial charge in [-0.25, -0.2) is 0 Å². The van der Waals surface area contributed by atoms with E-state index in [1.807, 2.05) is 4.90 Å². The first kappa shape index (κ1) is 10.9. The summed E-state index contributed by atoms with van der Waals surface area (Å²) in [6, 6.07) is 0.462. The Morgan fingerprint density at radius 3 is 2.80 bits per heavy atom. The molecule has 0 spiro atoms. The molecule has 0 aromatic rings. The van der Waals surface area contributed by atoms with E-state index in [1.165, 1.54) is 0 Å². The minimum atomic E-state index is -0.152. The van der Waals surface area contributed by atoms with Gasteiger partial charge in [0, 0.05) is 32.3 Å². The predicted octanol–water partition coefficient (Wildman–Crippen LogP) is 0.328. The van der Waals surface area contributed by atoms with Crippen molar-refractivity contribution in [1.29, 1.82) is 0 Å². The van der Waals surface area contributed by atoms with Crippen molar-refractivity contribution in [2.24, 2.45) is 0 Å². The Balaban J connectivity index is 1.90. The molecule has 0 aliphatic carbocycles. The fourth-order valence-corrected chi connectivity index (χ4v) is 2.22. The molecule has 2 saturated heterocycles. The van der Waals surface area contributed by atoms with Crippen molar-refractivity contribution >= 4 is 5.91 Å². The highest BCUT2D eigenvalue weighted by molar-refractivity contribution is 5.81. The molecule has 2 fully saturated rings. The van der Waals surface area contributed by atoms with Gasteiger partial charge in [0.1, 0.15) is 6.10 Å². The van der Waals surface area contributed by atoms with Gasteiger partial charge in [0.05, 0.1) is 0 Å². The third-order valence-corrected chi connectivity index (χ3v) is 3.48. The summed E-state index contributed by atoms with van der Waals surface area (Å²) in [5, 5.41) is 0. The number of nitrogens with zero attached hydrogens (tertiary/aromatic N) is 2. The Bertz CT molecular complexity index is 239. The van der Waals surface area contributed by atoms with Gasteiger partial charge in [-0.3, -0.25) is 4.79 Å². The molecule has 0 aromatic heterocycles. The quantitative estimate of drug-likeness (QED) is 0.628. The van der Waals surface area contributed by atoms with Gasteiger partial charge < -0.3 is 14.5 Å². The van der Waals surface area contributed by atoms with Crippen LogP contribution in [0.2, 0.25) is 0 Å². The minimum absolute atomic E-state index is 0.152. The molecule has 15 heavy (non-hydrogen) atoms. The van der Waals surface area contributed by atoms with Gasteiger partial charge in [-0.05, 0) is 26.8 Å². The largest absolute Gasteiger partial charge is 0.368 e. The Hall–Kier alpha value is -0.610. The third kappa shape index (κ3) is 2.32. The first-order valence-electron chi connectivity index (χ1n) is 5.79. The van der Waals surface area contributed by atoms with Crippen LogP contribution in [0.5, 0.6) is 0 Å². The maximum absolute atomic E-state index is 12.0. The van der Waals surface area contributed by atoms with Crippen molar-refractivity contribution in [3.8, 4) is 0 Å². The van der Waals surface area contributed by atoms with Crippen LogP contribution in [0, 0.1) is 0 Å². The average molecular weight is 212 g/mol. The second-order valence-corrected chi connectivity index (χ2v) is 4.62. The van der Waals surface area contributed by atoms with E-state index in [-0.39, 0.29) is 12.0 Å². The minimum Gasteiger partial charge on any atom is -0.368 e. The highest BCUT2D eigenvalue weighted by Gasteiger charge is 2.31. The van der Waals surface area contributed by atoms with Gasteiger partial charge in [0.2, 0.25) is 0 Å². The molecule has 0 radical (unpaired) electrons. The van der Waals surface area contributed by atoms with Crippen molar-refractivity contribution in [3.05, 3.63) is 0 Å². The zero-order valence-corrected chi connectivity index (χ0v) is 9.61. The number of carbonyl (C=O) groups is 1. The summed E-state index contributed by atoms with van der Waals surface area (Å²) in [6.45, 7) is 5.57. The second-order valence-electron chi connectivity index (χ2n) is 4.62. The Morgan fingerprint density at radius 1 is 1.40 bits per heavy atom. The number of amides is 1. The molecule has 0 aromatic carbocycles. The summed E-state index contributed by atoms with van der Waals surface area (Å²) >= 11 is 0. The van der Waals surface area contributed by atoms with Crippen LogP contribution < -0.4 is 0 Å². The molecule has 0 saturated carbocycles. The summed E-state index contributed by atoms with van der Waals surface area (Å²) in [7, 11) is 2.11. The van der Waals surface area contributed by atoms with Crippen LogP contribution in [0.1, 0.15) is 19.8 Å². The van der Waals surface area contributed by atoms with Crippen LogP contribution in [0.4, 0.5) is 0 Å². The van der Waals surface area contributed by atoms with E-state index in [9.17, 15) is 4.79 Å². The lowest BCUT2D eigenvalue weighted by Gasteiger charge is -2.38. The summed E-state index contributed by atoms with van der Waals surface area (Å²) < 4.78 is 5.43. The van der Waals surface area contributed by atoms with E-state index in [1.54, 1.807) is 0 Å². The molecular weight excluding hydrogens is 192 g/mol. The molecule has 4 heteroatoms. The van der Waals surface area contributed by atoms with Crippen LogP contribution in [-0.4, -0.2) is 61.1 Å². The van der Waals surface area contributed by atoms with Crippen LogP contribution in [0.25, 0.3) is 0 Å². The number of rotatable bonds is 1. The Kier molecular flexibility index (Phi) is 3.26. The van der Waals surface area contributed by atoms with E-state index in [2.05, 4.69) is 18.9 Å². The first-order valence-corrected chi connectivity index (χ1v) is 5.79. The van der Waals surface area contributed by atoms with Crippen LogP contribution in [-0.2, 0) is 9.53 Å². The van der Waals surface area contributed by atoms with Crippen molar-refractivity contribution in [3.63, 3.8) is 0 Å². The molecule has 2 aliphatic rings. The van der Waals surface area contributed by atoms with Gasteiger partial charge in [-0.15, -0.1) is 0 Å². The number of carbonyl (C=O) groups excluding carboxylic acids is 1. The highest BCUT2D eigenvalue weighted by Crippen LogP contribution is 2.17. The fraction of sp³-hybridized carbons (Fsp3) is 0.909.